The first kappa shape index (κ1) is 16.2. The third-order valence-electron chi connectivity index (χ3n) is 4.71. The number of nitrogens with two attached hydrogens (primary N) is 1. The van der Waals surface area contributed by atoms with Gasteiger partial charge in [-0.2, -0.15) is 5.10 Å². The number of halogens is 1. The zero-order valence-electron chi connectivity index (χ0n) is 14.8. The summed E-state index contributed by atoms with van der Waals surface area (Å²) in [4.78, 5) is 23.4. The number of benzene rings is 2. The minimum Gasteiger partial charge on any atom is -0.383 e. The van der Waals surface area contributed by atoms with Crippen molar-refractivity contribution in [3.8, 4) is 5.69 Å². The standard InChI is InChI=1S/C20H15FN6O/c1-10-24-16-5-3-13(8-17(16)25-10)27-20(22)14(9-23-27)19(28)18-7-11-6-12(21)2-4-15(11)26-18/h2-9,26H,22H2,1H3,(H,24,25). The van der Waals surface area contributed by atoms with E-state index in [0.29, 0.717) is 22.3 Å². The molecule has 0 spiro atoms. The molecule has 8 heteroatoms. The van der Waals surface area contributed by atoms with Gasteiger partial charge in [0.05, 0.1) is 34.2 Å². The van der Waals surface area contributed by atoms with E-state index in [4.69, 9.17) is 5.73 Å². The summed E-state index contributed by atoms with van der Waals surface area (Å²) in [5, 5.41) is 4.90. The van der Waals surface area contributed by atoms with Crippen LogP contribution in [0.3, 0.4) is 0 Å². The maximum atomic E-state index is 13.4. The Bertz CT molecular complexity index is 1380. The molecule has 0 aliphatic carbocycles. The number of hydrogen-bond acceptors (Lipinski definition) is 4. The molecule has 0 saturated carbocycles. The number of ketones is 1. The van der Waals surface area contributed by atoms with E-state index in [1.54, 1.807) is 12.1 Å². The van der Waals surface area contributed by atoms with Crippen molar-refractivity contribution >= 4 is 33.5 Å². The number of nitrogens with zero attached hydrogens (tertiary/aromatic N) is 3. The van der Waals surface area contributed by atoms with Gasteiger partial charge in [0.15, 0.2) is 0 Å². The molecule has 2 aromatic carbocycles. The molecule has 0 unspecified atom stereocenters. The molecule has 0 amide bonds. The third kappa shape index (κ3) is 2.46. The molecule has 4 N–H and O–H groups in total. The number of nitrogen functional groups attached to an aromatic ring is 1. The van der Waals surface area contributed by atoms with Crippen LogP contribution < -0.4 is 5.73 Å². The van der Waals surface area contributed by atoms with E-state index in [2.05, 4.69) is 20.1 Å². The van der Waals surface area contributed by atoms with Crippen LogP contribution in [0.2, 0.25) is 0 Å². The van der Waals surface area contributed by atoms with Gasteiger partial charge in [0.1, 0.15) is 17.5 Å². The van der Waals surface area contributed by atoms with E-state index in [0.717, 1.165) is 16.9 Å². The first-order valence-corrected chi connectivity index (χ1v) is 8.63. The van der Waals surface area contributed by atoms with Crippen LogP contribution in [-0.4, -0.2) is 30.5 Å². The van der Waals surface area contributed by atoms with Gasteiger partial charge >= 0.3 is 0 Å². The molecule has 7 nitrogen and oxygen atoms in total. The number of anilines is 1. The lowest BCUT2D eigenvalue weighted by Crippen LogP contribution is -2.07. The number of imidazole rings is 1. The van der Waals surface area contributed by atoms with Gasteiger partial charge in [-0.1, -0.05) is 0 Å². The number of nitrogens with one attached hydrogen (secondary N) is 2. The molecule has 0 atom stereocenters. The molecule has 0 fully saturated rings. The molecule has 0 bridgehead atoms. The molecule has 0 aliphatic rings. The fourth-order valence-electron chi connectivity index (χ4n) is 3.37. The Morgan fingerprint density at radius 1 is 1.11 bits per heavy atom. The van der Waals surface area contributed by atoms with E-state index in [1.165, 1.54) is 23.0 Å². The van der Waals surface area contributed by atoms with Crippen molar-refractivity contribution in [2.24, 2.45) is 0 Å². The van der Waals surface area contributed by atoms with Gasteiger partial charge in [0.2, 0.25) is 5.78 Å². The number of H-pyrrole nitrogens is 2. The molecule has 3 aromatic heterocycles. The number of fused-ring (bicyclic) bond motifs is 2. The van der Waals surface area contributed by atoms with Crippen LogP contribution in [0.15, 0.2) is 48.7 Å². The molecule has 28 heavy (non-hydrogen) atoms. The summed E-state index contributed by atoms with van der Waals surface area (Å²) < 4.78 is 14.9. The first-order valence-electron chi connectivity index (χ1n) is 8.63. The number of aryl methyl sites for hydroxylation is 1. The van der Waals surface area contributed by atoms with Gasteiger partial charge < -0.3 is 15.7 Å². The van der Waals surface area contributed by atoms with Crippen LogP contribution in [0.4, 0.5) is 10.2 Å². The topological polar surface area (TPSA) is 105 Å². The Hall–Kier alpha value is -3.94. The van der Waals surface area contributed by atoms with E-state index in [-0.39, 0.29) is 23.0 Å². The fraction of sp³-hybridized carbons (Fsp3) is 0.0500. The molecule has 0 radical (unpaired) electrons. The van der Waals surface area contributed by atoms with E-state index < -0.39 is 0 Å². The second-order valence-corrected chi connectivity index (χ2v) is 6.62. The SMILES string of the molecule is Cc1nc2ccc(-n3ncc(C(=O)c4cc5cc(F)ccc5[nH]4)c3N)cc2[nH]1. The Balaban J connectivity index is 1.55. The lowest BCUT2D eigenvalue weighted by atomic mass is 10.1. The summed E-state index contributed by atoms with van der Waals surface area (Å²) >= 11 is 0. The number of aromatic amines is 2. The minimum atomic E-state index is -0.359. The summed E-state index contributed by atoms with van der Waals surface area (Å²) in [5.74, 6) is 0.373. The van der Waals surface area contributed by atoms with Gasteiger partial charge in [-0.15, -0.1) is 0 Å². The van der Waals surface area contributed by atoms with E-state index >= 15 is 0 Å². The Labute approximate surface area is 158 Å². The van der Waals surface area contributed by atoms with Gasteiger partial charge in [0.25, 0.3) is 0 Å². The lowest BCUT2D eigenvalue weighted by Gasteiger charge is -2.05. The molecule has 3 heterocycles. The van der Waals surface area contributed by atoms with E-state index in [9.17, 15) is 9.18 Å². The van der Waals surface area contributed by atoms with Crippen LogP contribution in [0, 0.1) is 12.7 Å². The molecule has 5 rings (SSSR count). The lowest BCUT2D eigenvalue weighted by molar-refractivity contribution is 0.103. The maximum absolute atomic E-state index is 13.4. The monoisotopic (exact) mass is 374 g/mol. The largest absolute Gasteiger partial charge is 0.383 e. The number of rotatable bonds is 3. The van der Waals surface area contributed by atoms with Crippen molar-refractivity contribution in [2.75, 3.05) is 5.73 Å². The third-order valence-corrected chi connectivity index (χ3v) is 4.71. The average molecular weight is 374 g/mol. The normalized spacial score (nSPS) is 11.5. The highest BCUT2D eigenvalue weighted by atomic mass is 19.1. The number of hydrogen-bond donors (Lipinski definition) is 3. The van der Waals surface area contributed by atoms with E-state index in [1.807, 2.05) is 25.1 Å². The average Bonchev–Trinajstić information content (AvgIpc) is 3.35. The van der Waals surface area contributed by atoms with Gasteiger partial charge in [0, 0.05) is 10.9 Å². The van der Waals surface area contributed by atoms with Crippen molar-refractivity contribution in [1.82, 2.24) is 24.7 Å². The summed E-state index contributed by atoms with van der Waals surface area (Å²) in [7, 11) is 0. The smallest absolute Gasteiger partial charge is 0.214 e. The molecular weight excluding hydrogens is 359 g/mol. The van der Waals surface area contributed by atoms with Crippen molar-refractivity contribution in [3.05, 3.63) is 71.6 Å². The highest BCUT2D eigenvalue weighted by Crippen LogP contribution is 2.24. The molecule has 138 valence electrons. The quantitative estimate of drug-likeness (QED) is 0.420. The number of aromatic nitrogens is 5. The highest BCUT2D eigenvalue weighted by Gasteiger charge is 2.20. The predicted octanol–water partition coefficient (Wildman–Crippen LogP) is 3.49. The van der Waals surface area contributed by atoms with Crippen molar-refractivity contribution in [2.45, 2.75) is 6.92 Å². The second-order valence-electron chi connectivity index (χ2n) is 6.62. The zero-order chi connectivity index (χ0) is 19.4. The zero-order valence-corrected chi connectivity index (χ0v) is 14.8. The number of carbonyl (C=O) groups is 1. The van der Waals surface area contributed by atoms with Crippen LogP contribution in [0.25, 0.3) is 27.6 Å². The van der Waals surface area contributed by atoms with Gasteiger partial charge in [-0.05, 0) is 49.4 Å². The molecule has 5 aromatic rings. The summed E-state index contributed by atoms with van der Waals surface area (Å²) in [6, 6.07) is 11.5. The van der Waals surface area contributed by atoms with Crippen LogP contribution in [-0.2, 0) is 0 Å². The molecule has 0 saturated heterocycles. The van der Waals surface area contributed by atoms with Crippen LogP contribution >= 0.6 is 0 Å². The summed E-state index contributed by atoms with van der Waals surface area (Å²) in [5.41, 5.74) is 9.91. The van der Waals surface area contributed by atoms with Crippen LogP contribution in [0.1, 0.15) is 21.9 Å². The fourth-order valence-corrected chi connectivity index (χ4v) is 3.37. The Morgan fingerprint density at radius 2 is 1.96 bits per heavy atom. The molecular formula is C20H15FN6O. The van der Waals surface area contributed by atoms with Gasteiger partial charge in [-0.3, -0.25) is 4.79 Å². The van der Waals surface area contributed by atoms with Gasteiger partial charge in [-0.25, -0.2) is 14.1 Å². The van der Waals surface area contributed by atoms with Crippen molar-refractivity contribution in [1.29, 1.82) is 0 Å². The van der Waals surface area contributed by atoms with Crippen molar-refractivity contribution < 1.29 is 9.18 Å². The Kier molecular flexibility index (Phi) is 3.35. The first-order chi connectivity index (χ1) is 13.5. The van der Waals surface area contributed by atoms with Crippen LogP contribution in [0.5, 0.6) is 0 Å². The Morgan fingerprint density at radius 3 is 2.82 bits per heavy atom. The second kappa shape index (κ2) is 5.78. The maximum Gasteiger partial charge on any atom is 0.214 e. The molecule has 0 aliphatic heterocycles. The minimum absolute atomic E-state index is 0.227. The highest BCUT2D eigenvalue weighted by molar-refractivity contribution is 6.12. The number of carbonyl (C=O) groups excluding carboxylic acids is 1. The summed E-state index contributed by atoms with van der Waals surface area (Å²) in [6.07, 6.45) is 1.44. The van der Waals surface area contributed by atoms with Crippen molar-refractivity contribution in [3.63, 3.8) is 0 Å². The summed E-state index contributed by atoms with van der Waals surface area (Å²) in [6.45, 7) is 1.88. The predicted molar refractivity (Wildman–Crippen MR) is 104 cm³/mol.